The lowest BCUT2D eigenvalue weighted by atomic mass is 9.93. The molecular weight excluding hydrogens is 297 g/mol. The minimum atomic E-state index is -4.55. The Hall–Kier alpha value is -1.50. The minimum Gasteiger partial charge on any atom is -0.480 e. The second-order valence-corrected chi connectivity index (χ2v) is 4.68. The summed E-state index contributed by atoms with van der Waals surface area (Å²) in [5.41, 5.74) is -2.29. The number of hydrogen-bond donors (Lipinski definition) is 2. The summed E-state index contributed by atoms with van der Waals surface area (Å²) in [6.07, 6.45) is -3.46. The number of anilines is 1. The fraction of sp³-hybridized carbons (Fsp3) is 0.500. The molecule has 0 atom stereocenters. The van der Waals surface area contributed by atoms with Crippen LogP contribution >= 0.6 is 11.6 Å². The molecule has 0 aliphatic rings. The van der Waals surface area contributed by atoms with Gasteiger partial charge in [-0.2, -0.15) is 13.2 Å². The summed E-state index contributed by atoms with van der Waals surface area (Å²) < 4.78 is 37.5. The normalized spacial score (nSPS) is 12.3. The molecule has 0 saturated carbocycles. The highest BCUT2D eigenvalue weighted by molar-refractivity contribution is 6.33. The third kappa shape index (κ3) is 3.33. The standard InChI is InChI=1S/C12H14ClF3N2O2/c1-3-11(4-2,10(19)20)18-9-8(13)5-7(6-17-9)12(14,15)16/h5-6H,3-4H2,1-2H3,(H,17,18)(H,19,20). The zero-order valence-electron chi connectivity index (χ0n) is 10.9. The zero-order chi connectivity index (χ0) is 15.6. The van der Waals surface area contributed by atoms with Crippen molar-refractivity contribution in [1.29, 1.82) is 0 Å². The van der Waals surface area contributed by atoms with Gasteiger partial charge < -0.3 is 10.4 Å². The van der Waals surface area contributed by atoms with Gasteiger partial charge in [-0.05, 0) is 18.9 Å². The van der Waals surface area contributed by atoms with Gasteiger partial charge in [-0.1, -0.05) is 25.4 Å². The Morgan fingerprint density at radius 1 is 1.40 bits per heavy atom. The molecule has 1 heterocycles. The molecule has 1 aromatic rings. The molecule has 0 aromatic carbocycles. The van der Waals surface area contributed by atoms with Crippen LogP contribution < -0.4 is 5.32 Å². The quantitative estimate of drug-likeness (QED) is 0.868. The molecule has 1 aromatic heterocycles. The minimum absolute atomic E-state index is 0.0780. The number of halogens is 4. The molecule has 0 aliphatic heterocycles. The van der Waals surface area contributed by atoms with E-state index in [2.05, 4.69) is 10.3 Å². The van der Waals surface area contributed by atoms with Gasteiger partial charge >= 0.3 is 12.1 Å². The predicted molar refractivity (Wildman–Crippen MR) is 68.8 cm³/mol. The maximum atomic E-state index is 12.5. The van der Waals surface area contributed by atoms with E-state index in [1.165, 1.54) is 0 Å². The van der Waals surface area contributed by atoms with Crippen molar-refractivity contribution in [3.63, 3.8) is 0 Å². The number of nitrogens with zero attached hydrogens (tertiary/aromatic N) is 1. The van der Waals surface area contributed by atoms with Crippen molar-refractivity contribution in [1.82, 2.24) is 4.98 Å². The van der Waals surface area contributed by atoms with Crippen LogP contribution in [0.1, 0.15) is 32.3 Å². The Kier molecular flexibility index (Phi) is 4.86. The maximum absolute atomic E-state index is 12.5. The van der Waals surface area contributed by atoms with E-state index in [1.54, 1.807) is 13.8 Å². The molecule has 0 fully saturated rings. The topological polar surface area (TPSA) is 62.2 Å². The summed E-state index contributed by atoms with van der Waals surface area (Å²) in [6, 6.07) is 0.717. The number of alkyl halides is 3. The molecule has 0 unspecified atom stereocenters. The fourth-order valence-corrected chi connectivity index (χ4v) is 1.91. The van der Waals surface area contributed by atoms with Gasteiger partial charge in [-0.15, -0.1) is 0 Å². The molecule has 20 heavy (non-hydrogen) atoms. The summed E-state index contributed by atoms with van der Waals surface area (Å²) in [7, 11) is 0. The van der Waals surface area contributed by atoms with E-state index in [0.29, 0.717) is 6.20 Å². The van der Waals surface area contributed by atoms with Gasteiger partial charge in [0.25, 0.3) is 0 Å². The average molecular weight is 311 g/mol. The van der Waals surface area contributed by atoms with Gasteiger partial charge in [-0.3, -0.25) is 0 Å². The van der Waals surface area contributed by atoms with Crippen LogP contribution in [0, 0.1) is 0 Å². The van der Waals surface area contributed by atoms with E-state index in [1.807, 2.05) is 0 Å². The molecule has 0 bridgehead atoms. The number of carboxylic acids is 1. The van der Waals surface area contributed by atoms with Crippen LogP contribution in [-0.4, -0.2) is 21.6 Å². The van der Waals surface area contributed by atoms with E-state index in [-0.39, 0.29) is 23.7 Å². The first-order valence-electron chi connectivity index (χ1n) is 5.90. The molecule has 8 heteroatoms. The summed E-state index contributed by atoms with van der Waals surface area (Å²) in [6.45, 7) is 3.31. The molecular formula is C12H14ClF3N2O2. The van der Waals surface area contributed by atoms with Crippen molar-refractivity contribution in [3.8, 4) is 0 Å². The van der Waals surface area contributed by atoms with E-state index >= 15 is 0 Å². The van der Waals surface area contributed by atoms with Crippen LogP contribution in [0.15, 0.2) is 12.3 Å². The Balaban J connectivity index is 3.13. The largest absolute Gasteiger partial charge is 0.480 e. The van der Waals surface area contributed by atoms with Crippen molar-refractivity contribution in [2.75, 3.05) is 5.32 Å². The molecule has 0 aliphatic carbocycles. The number of aromatic nitrogens is 1. The van der Waals surface area contributed by atoms with Crippen LogP contribution in [0.3, 0.4) is 0 Å². The second-order valence-electron chi connectivity index (χ2n) is 4.27. The lowest BCUT2D eigenvalue weighted by molar-refractivity contribution is -0.142. The molecule has 0 radical (unpaired) electrons. The molecule has 4 nitrogen and oxygen atoms in total. The van der Waals surface area contributed by atoms with Crippen molar-refractivity contribution >= 4 is 23.4 Å². The Bertz CT molecular complexity index is 502. The van der Waals surface area contributed by atoms with Gasteiger partial charge in [0, 0.05) is 6.20 Å². The number of nitrogens with one attached hydrogen (secondary N) is 1. The Morgan fingerprint density at radius 3 is 2.30 bits per heavy atom. The molecule has 1 rings (SSSR count). The first kappa shape index (κ1) is 16.6. The van der Waals surface area contributed by atoms with Crippen molar-refractivity contribution in [2.45, 2.75) is 38.4 Å². The smallest absolute Gasteiger partial charge is 0.417 e. The first-order valence-corrected chi connectivity index (χ1v) is 6.28. The summed E-state index contributed by atoms with van der Waals surface area (Å²) in [5.74, 6) is -1.19. The number of pyridine rings is 1. The number of carboxylic acid groups (broad SMARTS) is 1. The average Bonchev–Trinajstić information content (AvgIpc) is 2.36. The summed E-state index contributed by atoms with van der Waals surface area (Å²) in [4.78, 5) is 14.9. The van der Waals surface area contributed by atoms with E-state index in [9.17, 15) is 23.1 Å². The summed E-state index contributed by atoms with van der Waals surface area (Å²) in [5, 5.41) is 11.6. The highest BCUT2D eigenvalue weighted by atomic mass is 35.5. The fourth-order valence-electron chi connectivity index (χ4n) is 1.69. The van der Waals surface area contributed by atoms with Crippen LogP contribution in [0.25, 0.3) is 0 Å². The highest BCUT2D eigenvalue weighted by Gasteiger charge is 2.36. The van der Waals surface area contributed by atoms with Crippen molar-refractivity contribution in [3.05, 3.63) is 22.8 Å². The number of rotatable bonds is 5. The van der Waals surface area contributed by atoms with Crippen molar-refractivity contribution in [2.24, 2.45) is 0 Å². The van der Waals surface area contributed by atoms with Crippen LogP contribution in [0.5, 0.6) is 0 Å². The Morgan fingerprint density at radius 2 is 1.95 bits per heavy atom. The van der Waals surface area contributed by atoms with Gasteiger partial charge in [0.2, 0.25) is 0 Å². The summed E-state index contributed by atoms with van der Waals surface area (Å²) >= 11 is 5.74. The monoisotopic (exact) mass is 310 g/mol. The van der Waals surface area contributed by atoms with Gasteiger partial charge in [0.1, 0.15) is 11.4 Å². The number of aliphatic carboxylic acids is 1. The van der Waals surface area contributed by atoms with Crippen molar-refractivity contribution < 1.29 is 23.1 Å². The van der Waals surface area contributed by atoms with Gasteiger partial charge in [0.15, 0.2) is 0 Å². The molecule has 0 saturated heterocycles. The predicted octanol–water partition coefficient (Wildman–Crippen LogP) is 3.81. The van der Waals surface area contributed by atoms with E-state index in [4.69, 9.17) is 11.6 Å². The van der Waals surface area contributed by atoms with Gasteiger partial charge in [-0.25, -0.2) is 9.78 Å². The lowest BCUT2D eigenvalue weighted by Crippen LogP contribution is -2.45. The van der Waals surface area contributed by atoms with Crippen LogP contribution in [-0.2, 0) is 11.0 Å². The second kappa shape index (κ2) is 5.87. The van der Waals surface area contributed by atoms with Crippen LogP contribution in [0.2, 0.25) is 5.02 Å². The third-order valence-corrected chi connectivity index (χ3v) is 3.43. The third-order valence-electron chi connectivity index (χ3n) is 3.14. The number of carbonyl (C=O) groups is 1. The zero-order valence-corrected chi connectivity index (χ0v) is 11.6. The Labute approximate surface area is 119 Å². The number of hydrogen-bond acceptors (Lipinski definition) is 3. The maximum Gasteiger partial charge on any atom is 0.417 e. The van der Waals surface area contributed by atoms with E-state index < -0.39 is 23.2 Å². The molecule has 0 amide bonds. The first-order chi connectivity index (χ1) is 9.16. The molecule has 112 valence electrons. The highest BCUT2D eigenvalue weighted by Crippen LogP contribution is 2.33. The lowest BCUT2D eigenvalue weighted by Gasteiger charge is -2.29. The SMILES string of the molecule is CCC(CC)(Nc1ncc(C(F)(F)F)cc1Cl)C(=O)O. The van der Waals surface area contributed by atoms with Gasteiger partial charge in [0.05, 0.1) is 10.6 Å². The van der Waals surface area contributed by atoms with Crippen LogP contribution in [0.4, 0.5) is 19.0 Å². The van der Waals surface area contributed by atoms with E-state index in [0.717, 1.165) is 6.07 Å². The molecule has 2 N–H and O–H groups in total. The molecule has 0 spiro atoms.